The molecule has 7 heteroatoms. The number of benzene rings is 1. The molecule has 1 atom stereocenters. The van der Waals surface area contributed by atoms with Crippen molar-refractivity contribution in [2.75, 3.05) is 0 Å². The van der Waals surface area contributed by atoms with Crippen molar-refractivity contribution in [3.8, 4) is 0 Å². The highest BCUT2D eigenvalue weighted by molar-refractivity contribution is 7.87. The molecule has 0 unspecified atom stereocenters. The van der Waals surface area contributed by atoms with Crippen molar-refractivity contribution in [1.82, 2.24) is 4.72 Å². The van der Waals surface area contributed by atoms with Gasteiger partial charge in [-0.1, -0.05) is 11.6 Å². The SMILES string of the molecule is NS(=O)(=O)N[C@H]1CCc2c(Cl)ccc(F)c21. The molecule has 3 N–H and O–H groups in total. The Morgan fingerprint density at radius 2 is 2.19 bits per heavy atom. The summed E-state index contributed by atoms with van der Waals surface area (Å²) in [5.74, 6) is -0.460. The zero-order valence-corrected chi connectivity index (χ0v) is 9.78. The molecule has 0 aliphatic heterocycles. The fourth-order valence-electron chi connectivity index (χ4n) is 1.99. The maximum absolute atomic E-state index is 13.6. The van der Waals surface area contributed by atoms with Crippen molar-refractivity contribution in [3.63, 3.8) is 0 Å². The van der Waals surface area contributed by atoms with Gasteiger partial charge in [0.25, 0.3) is 10.2 Å². The molecule has 1 aliphatic carbocycles. The van der Waals surface area contributed by atoms with Crippen LogP contribution in [0.25, 0.3) is 0 Å². The lowest BCUT2D eigenvalue weighted by Gasteiger charge is -2.12. The van der Waals surface area contributed by atoms with Crippen molar-refractivity contribution in [2.45, 2.75) is 18.9 Å². The molecule has 0 fully saturated rings. The van der Waals surface area contributed by atoms with Gasteiger partial charge in [-0.05, 0) is 30.5 Å². The van der Waals surface area contributed by atoms with Gasteiger partial charge in [-0.3, -0.25) is 0 Å². The zero-order chi connectivity index (χ0) is 11.9. The van der Waals surface area contributed by atoms with Gasteiger partial charge in [0.15, 0.2) is 0 Å². The topological polar surface area (TPSA) is 72.2 Å². The highest BCUT2D eigenvalue weighted by Crippen LogP contribution is 2.37. The van der Waals surface area contributed by atoms with Crippen LogP contribution >= 0.6 is 11.6 Å². The second kappa shape index (κ2) is 3.96. The van der Waals surface area contributed by atoms with Crippen LogP contribution in [0.4, 0.5) is 4.39 Å². The molecule has 4 nitrogen and oxygen atoms in total. The van der Waals surface area contributed by atoms with Crippen molar-refractivity contribution in [3.05, 3.63) is 34.1 Å². The van der Waals surface area contributed by atoms with E-state index in [-0.39, 0.29) is 0 Å². The van der Waals surface area contributed by atoms with Crippen LogP contribution in [0.3, 0.4) is 0 Å². The number of halogens is 2. The highest BCUT2D eigenvalue weighted by Gasteiger charge is 2.29. The average Bonchev–Trinajstić information content (AvgIpc) is 2.54. The monoisotopic (exact) mass is 264 g/mol. The molecule has 16 heavy (non-hydrogen) atoms. The van der Waals surface area contributed by atoms with E-state index in [9.17, 15) is 12.8 Å². The summed E-state index contributed by atoms with van der Waals surface area (Å²) in [7, 11) is -3.84. The number of fused-ring (bicyclic) bond motifs is 1. The summed E-state index contributed by atoms with van der Waals surface area (Å²) in [5.41, 5.74) is 0.962. The minimum absolute atomic E-state index is 0.307. The summed E-state index contributed by atoms with van der Waals surface area (Å²) in [6.07, 6.45) is 1.01. The molecule has 0 heterocycles. The Morgan fingerprint density at radius 3 is 2.81 bits per heavy atom. The van der Waals surface area contributed by atoms with Gasteiger partial charge >= 0.3 is 0 Å². The van der Waals surface area contributed by atoms with E-state index >= 15 is 0 Å². The molecule has 0 radical (unpaired) electrons. The molecule has 0 spiro atoms. The first kappa shape index (κ1) is 11.8. The number of nitrogens with one attached hydrogen (secondary N) is 1. The number of rotatable bonds is 2. The van der Waals surface area contributed by atoms with Gasteiger partial charge in [0.2, 0.25) is 0 Å². The Labute approximate surface area is 97.8 Å². The lowest BCUT2D eigenvalue weighted by Crippen LogP contribution is -2.33. The standard InChI is InChI=1S/C9H10ClFN2O2S/c10-6-2-3-7(11)9-5(6)1-4-8(9)13-16(12,14)15/h2-3,8,13H,1,4H2,(H2,12,14,15)/t8-/m0/s1. The van der Waals surface area contributed by atoms with E-state index in [1.807, 2.05) is 0 Å². The third-order valence-corrected chi connectivity index (χ3v) is 3.55. The molecular formula is C9H10ClFN2O2S. The van der Waals surface area contributed by atoms with E-state index in [1.165, 1.54) is 12.1 Å². The molecule has 0 bridgehead atoms. The minimum Gasteiger partial charge on any atom is -0.216 e. The molecule has 0 amide bonds. The third kappa shape index (κ3) is 2.20. The Hall–Kier alpha value is -0.690. The van der Waals surface area contributed by atoms with Crippen molar-refractivity contribution < 1.29 is 12.8 Å². The van der Waals surface area contributed by atoms with Gasteiger partial charge in [0.1, 0.15) is 5.82 Å². The first-order valence-electron chi connectivity index (χ1n) is 4.65. The average molecular weight is 265 g/mol. The van der Waals surface area contributed by atoms with Gasteiger partial charge in [0.05, 0.1) is 6.04 Å². The van der Waals surface area contributed by atoms with Crippen LogP contribution in [-0.2, 0) is 16.6 Å². The maximum Gasteiger partial charge on any atom is 0.274 e. The lowest BCUT2D eigenvalue weighted by atomic mass is 10.1. The summed E-state index contributed by atoms with van der Waals surface area (Å²) in [4.78, 5) is 0. The Kier molecular flexibility index (Phi) is 2.91. The van der Waals surface area contributed by atoms with Crippen molar-refractivity contribution in [2.24, 2.45) is 5.14 Å². The second-order valence-electron chi connectivity index (χ2n) is 3.68. The Balaban J connectivity index is 2.43. The summed E-state index contributed by atoms with van der Waals surface area (Å²) in [6, 6.07) is 2.07. The van der Waals surface area contributed by atoms with Gasteiger partial charge in [0, 0.05) is 10.6 Å². The predicted molar refractivity (Wildman–Crippen MR) is 58.7 cm³/mol. The smallest absolute Gasteiger partial charge is 0.216 e. The zero-order valence-electron chi connectivity index (χ0n) is 8.20. The quantitative estimate of drug-likeness (QED) is 0.844. The van der Waals surface area contributed by atoms with Gasteiger partial charge in [-0.25, -0.2) is 9.53 Å². The normalized spacial score (nSPS) is 19.8. The van der Waals surface area contributed by atoms with E-state index in [0.29, 0.717) is 29.0 Å². The van der Waals surface area contributed by atoms with Crippen LogP contribution in [0, 0.1) is 5.82 Å². The fraction of sp³-hybridized carbons (Fsp3) is 0.333. The molecule has 88 valence electrons. The summed E-state index contributed by atoms with van der Waals surface area (Å²) in [5, 5.41) is 5.32. The van der Waals surface area contributed by atoms with Crippen molar-refractivity contribution >= 4 is 21.8 Å². The van der Waals surface area contributed by atoms with E-state index in [1.54, 1.807) is 0 Å². The lowest BCUT2D eigenvalue weighted by molar-refractivity contribution is 0.539. The largest absolute Gasteiger partial charge is 0.274 e. The van der Waals surface area contributed by atoms with Crippen molar-refractivity contribution in [1.29, 1.82) is 0 Å². The van der Waals surface area contributed by atoms with Crippen LogP contribution in [-0.4, -0.2) is 8.42 Å². The summed E-state index contributed by atoms with van der Waals surface area (Å²) in [6.45, 7) is 0. The predicted octanol–water partition coefficient (Wildman–Crippen LogP) is 1.26. The van der Waals surface area contributed by atoms with E-state index < -0.39 is 22.1 Å². The summed E-state index contributed by atoms with van der Waals surface area (Å²) >= 11 is 5.90. The molecule has 2 rings (SSSR count). The molecule has 1 aromatic rings. The van der Waals surface area contributed by atoms with E-state index in [2.05, 4.69) is 4.72 Å². The van der Waals surface area contributed by atoms with Crippen LogP contribution in [0.1, 0.15) is 23.6 Å². The molecule has 0 aromatic heterocycles. The molecule has 0 saturated carbocycles. The highest BCUT2D eigenvalue weighted by atomic mass is 35.5. The summed E-state index contributed by atoms with van der Waals surface area (Å²) < 4.78 is 37.6. The van der Waals surface area contributed by atoms with Crippen LogP contribution in [0.5, 0.6) is 0 Å². The molecule has 1 aliphatic rings. The van der Waals surface area contributed by atoms with Crippen LogP contribution < -0.4 is 9.86 Å². The first-order valence-corrected chi connectivity index (χ1v) is 6.58. The number of hydrogen-bond acceptors (Lipinski definition) is 2. The van der Waals surface area contributed by atoms with E-state index in [0.717, 1.165) is 0 Å². The van der Waals surface area contributed by atoms with E-state index in [4.69, 9.17) is 16.7 Å². The number of hydrogen-bond donors (Lipinski definition) is 2. The number of nitrogens with two attached hydrogens (primary N) is 1. The third-order valence-electron chi connectivity index (χ3n) is 2.58. The Bertz CT molecular complexity index is 533. The van der Waals surface area contributed by atoms with Gasteiger partial charge in [-0.2, -0.15) is 13.1 Å². The molecule has 1 aromatic carbocycles. The molecule has 0 saturated heterocycles. The van der Waals surface area contributed by atoms with Gasteiger partial charge in [-0.15, -0.1) is 0 Å². The fourth-order valence-corrected chi connectivity index (χ4v) is 2.88. The first-order chi connectivity index (χ1) is 7.38. The maximum atomic E-state index is 13.6. The van der Waals surface area contributed by atoms with Crippen LogP contribution in [0.15, 0.2) is 12.1 Å². The molecular weight excluding hydrogens is 255 g/mol. The van der Waals surface area contributed by atoms with Gasteiger partial charge < -0.3 is 0 Å². The second-order valence-corrected chi connectivity index (χ2v) is 5.41. The van der Waals surface area contributed by atoms with Crippen LogP contribution in [0.2, 0.25) is 5.02 Å². The Morgan fingerprint density at radius 1 is 1.50 bits per heavy atom. The minimum atomic E-state index is -3.84.